The van der Waals surface area contributed by atoms with Gasteiger partial charge in [-0.3, -0.25) is 9.69 Å². The highest BCUT2D eigenvalue weighted by Crippen LogP contribution is 2.32. The van der Waals surface area contributed by atoms with Crippen LogP contribution in [0.4, 0.5) is 5.13 Å². The van der Waals surface area contributed by atoms with E-state index in [4.69, 9.17) is 4.42 Å². The van der Waals surface area contributed by atoms with E-state index in [1.54, 1.807) is 22.9 Å². The molecule has 0 aliphatic rings. The molecule has 4 rings (SSSR count). The zero-order valence-electron chi connectivity index (χ0n) is 15.1. The molecular formula is C21H17BrN2O2S2. The van der Waals surface area contributed by atoms with E-state index in [1.165, 1.54) is 16.2 Å². The second-order valence-corrected chi connectivity index (χ2v) is 9.00. The summed E-state index contributed by atoms with van der Waals surface area (Å²) < 4.78 is 7.51. The number of carbonyl (C=O) groups is 1. The summed E-state index contributed by atoms with van der Waals surface area (Å²) in [6.07, 6.45) is 3.97. The molecule has 0 aliphatic heterocycles. The Hall–Kier alpha value is -2.09. The molecule has 0 atom stereocenters. The quantitative estimate of drug-likeness (QED) is 0.315. The largest absolute Gasteiger partial charge is 0.467 e. The van der Waals surface area contributed by atoms with Gasteiger partial charge in [0.1, 0.15) is 5.76 Å². The molecule has 7 heteroatoms. The molecule has 0 saturated heterocycles. The zero-order chi connectivity index (χ0) is 19.5. The molecule has 1 amide bonds. The third kappa shape index (κ3) is 4.32. The Bertz CT molecular complexity index is 1090. The van der Waals surface area contributed by atoms with Crippen molar-refractivity contribution in [3.05, 3.63) is 76.7 Å². The van der Waals surface area contributed by atoms with Crippen LogP contribution >= 0.6 is 39.0 Å². The number of amides is 1. The van der Waals surface area contributed by atoms with Crippen LogP contribution in [-0.2, 0) is 17.8 Å². The van der Waals surface area contributed by atoms with E-state index in [0.717, 1.165) is 26.0 Å². The predicted molar refractivity (Wildman–Crippen MR) is 119 cm³/mol. The van der Waals surface area contributed by atoms with E-state index < -0.39 is 0 Å². The molecule has 0 aliphatic carbocycles. The summed E-state index contributed by atoms with van der Waals surface area (Å²) in [5.41, 5.74) is 1.86. The van der Waals surface area contributed by atoms with Gasteiger partial charge in [0, 0.05) is 9.37 Å². The predicted octanol–water partition coefficient (Wildman–Crippen LogP) is 6.15. The minimum Gasteiger partial charge on any atom is -0.467 e. The van der Waals surface area contributed by atoms with Gasteiger partial charge in [-0.2, -0.15) is 0 Å². The molecule has 0 unspecified atom stereocenters. The highest BCUT2D eigenvalue weighted by atomic mass is 79.9. The molecule has 0 radical (unpaired) electrons. The van der Waals surface area contributed by atoms with Crippen molar-refractivity contribution in [2.24, 2.45) is 0 Å². The number of anilines is 1. The Morgan fingerprint density at radius 2 is 2.04 bits per heavy atom. The Balaban J connectivity index is 1.64. The fraction of sp³-hybridized carbons (Fsp3) is 0.143. The molecule has 2 heterocycles. The van der Waals surface area contributed by atoms with Crippen molar-refractivity contribution >= 4 is 60.3 Å². The van der Waals surface area contributed by atoms with Crippen LogP contribution in [0.25, 0.3) is 10.2 Å². The van der Waals surface area contributed by atoms with Gasteiger partial charge in [-0.15, -0.1) is 11.8 Å². The first kappa shape index (κ1) is 19.2. The lowest BCUT2D eigenvalue weighted by Gasteiger charge is -2.19. The number of thiazole rings is 1. The summed E-state index contributed by atoms with van der Waals surface area (Å²) in [4.78, 5) is 20.7. The standard InChI is InChI=1S/C21H17BrN2O2S2/c1-27-17-7-4-14(5-8-17)11-20(25)24(13-16-3-2-10-26-16)21-23-18-9-6-15(22)12-19(18)28-21/h2-10,12H,11,13H2,1H3. The third-order valence-corrected chi connectivity index (χ3v) is 6.56. The molecule has 0 bridgehead atoms. The molecule has 0 saturated carbocycles. The van der Waals surface area contributed by atoms with Crippen LogP contribution in [0.2, 0.25) is 0 Å². The Labute approximate surface area is 179 Å². The summed E-state index contributed by atoms with van der Waals surface area (Å²) in [7, 11) is 0. The van der Waals surface area contributed by atoms with Gasteiger partial charge in [0.15, 0.2) is 5.13 Å². The smallest absolute Gasteiger partial charge is 0.233 e. The fourth-order valence-corrected chi connectivity index (χ4v) is 4.78. The van der Waals surface area contributed by atoms with E-state index in [9.17, 15) is 4.79 Å². The first-order chi connectivity index (χ1) is 13.6. The molecule has 0 fully saturated rings. The van der Waals surface area contributed by atoms with Gasteiger partial charge in [-0.25, -0.2) is 4.98 Å². The highest BCUT2D eigenvalue weighted by molar-refractivity contribution is 9.10. The second kappa shape index (κ2) is 8.51. The van der Waals surface area contributed by atoms with Gasteiger partial charge in [0.2, 0.25) is 5.91 Å². The van der Waals surface area contributed by atoms with Gasteiger partial charge in [0.25, 0.3) is 0 Å². The van der Waals surface area contributed by atoms with Crippen molar-refractivity contribution in [1.82, 2.24) is 4.98 Å². The Morgan fingerprint density at radius 1 is 1.21 bits per heavy atom. The third-order valence-electron chi connectivity index (χ3n) is 4.28. The topological polar surface area (TPSA) is 46.3 Å². The second-order valence-electron chi connectivity index (χ2n) is 6.19. The van der Waals surface area contributed by atoms with Crippen molar-refractivity contribution in [3.63, 3.8) is 0 Å². The van der Waals surface area contributed by atoms with E-state index in [-0.39, 0.29) is 5.91 Å². The Morgan fingerprint density at radius 3 is 2.75 bits per heavy atom. The summed E-state index contributed by atoms with van der Waals surface area (Å²) >= 11 is 6.69. The molecule has 28 heavy (non-hydrogen) atoms. The zero-order valence-corrected chi connectivity index (χ0v) is 18.3. The molecule has 142 valence electrons. The van der Waals surface area contributed by atoms with Crippen molar-refractivity contribution in [1.29, 1.82) is 0 Å². The number of fused-ring (bicyclic) bond motifs is 1. The monoisotopic (exact) mass is 472 g/mol. The van der Waals surface area contributed by atoms with Crippen molar-refractivity contribution in [3.8, 4) is 0 Å². The van der Waals surface area contributed by atoms with Gasteiger partial charge in [0.05, 0.1) is 29.4 Å². The molecule has 0 spiro atoms. The molecular weight excluding hydrogens is 456 g/mol. The maximum atomic E-state index is 13.2. The van der Waals surface area contributed by atoms with Gasteiger partial charge in [-0.05, 0) is 54.3 Å². The lowest BCUT2D eigenvalue weighted by atomic mass is 10.1. The number of benzene rings is 2. The first-order valence-electron chi connectivity index (χ1n) is 8.64. The maximum absolute atomic E-state index is 13.2. The number of nitrogens with zero attached hydrogens (tertiary/aromatic N) is 2. The lowest BCUT2D eigenvalue weighted by molar-refractivity contribution is -0.118. The SMILES string of the molecule is CSc1ccc(CC(=O)N(Cc2ccco2)c2nc3ccc(Br)cc3s2)cc1. The number of hydrogen-bond donors (Lipinski definition) is 0. The molecule has 2 aromatic heterocycles. The minimum atomic E-state index is -0.00794. The average molecular weight is 473 g/mol. The van der Waals surface area contributed by atoms with Crippen LogP contribution < -0.4 is 4.90 Å². The summed E-state index contributed by atoms with van der Waals surface area (Å²) in [5, 5.41) is 0.676. The van der Waals surface area contributed by atoms with Crippen LogP contribution in [0.15, 0.2) is 74.6 Å². The van der Waals surface area contributed by atoms with Crippen molar-refractivity contribution < 1.29 is 9.21 Å². The first-order valence-corrected chi connectivity index (χ1v) is 11.5. The molecule has 4 aromatic rings. The number of hydrogen-bond acceptors (Lipinski definition) is 5. The molecule has 2 aromatic carbocycles. The average Bonchev–Trinajstić information content (AvgIpc) is 3.35. The fourth-order valence-electron chi connectivity index (χ4n) is 2.84. The molecule has 4 nitrogen and oxygen atoms in total. The van der Waals surface area contributed by atoms with Crippen LogP contribution in [0, 0.1) is 0 Å². The van der Waals surface area contributed by atoms with Crippen molar-refractivity contribution in [2.45, 2.75) is 17.9 Å². The van der Waals surface area contributed by atoms with Crippen LogP contribution in [0.5, 0.6) is 0 Å². The summed E-state index contributed by atoms with van der Waals surface area (Å²) in [6, 6.07) is 17.7. The normalized spacial score (nSPS) is 11.1. The maximum Gasteiger partial charge on any atom is 0.233 e. The highest BCUT2D eigenvalue weighted by Gasteiger charge is 2.21. The van der Waals surface area contributed by atoms with Crippen LogP contribution in [0.1, 0.15) is 11.3 Å². The summed E-state index contributed by atoms with van der Waals surface area (Å²) in [6.45, 7) is 0.357. The van der Waals surface area contributed by atoms with E-state index in [0.29, 0.717) is 18.1 Å². The lowest BCUT2D eigenvalue weighted by Crippen LogP contribution is -2.31. The number of furan rings is 1. The number of aromatic nitrogens is 1. The van der Waals surface area contributed by atoms with E-state index in [1.807, 2.05) is 60.9 Å². The van der Waals surface area contributed by atoms with E-state index >= 15 is 0 Å². The number of carbonyl (C=O) groups excluding carboxylic acids is 1. The summed E-state index contributed by atoms with van der Waals surface area (Å²) in [5.74, 6) is 0.720. The van der Waals surface area contributed by atoms with Gasteiger partial charge >= 0.3 is 0 Å². The molecule has 0 N–H and O–H groups in total. The Kier molecular flexibility index (Phi) is 5.85. The van der Waals surface area contributed by atoms with Gasteiger partial charge < -0.3 is 4.42 Å². The van der Waals surface area contributed by atoms with Crippen LogP contribution in [-0.4, -0.2) is 17.1 Å². The number of thioether (sulfide) groups is 1. The van der Waals surface area contributed by atoms with E-state index in [2.05, 4.69) is 20.9 Å². The van der Waals surface area contributed by atoms with Gasteiger partial charge in [-0.1, -0.05) is 39.4 Å². The van der Waals surface area contributed by atoms with Crippen molar-refractivity contribution in [2.75, 3.05) is 11.2 Å². The number of halogens is 1. The minimum absolute atomic E-state index is 0.00794. The number of rotatable bonds is 6. The van der Waals surface area contributed by atoms with Crippen LogP contribution in [0.3, 0.4) is 0 Å².